The number of carbonyl (C=O) groups is 5. The molecular formula is C41H38FNO9. The van der Waals surface area contributed by atoms with Crippen LogP contribution in [0.4, 0.5) is 10.1 Å². The van der Waals surface area contributed by atoms with Gasteiger partial charge < -0.3 is 23.8 Å². The molecule has 0 aromatic heterocycles. The highest BCUT2D eigenvalue weighted by Gasteiger charge is 2.78. The van der Waals surface area contributed by atoms with Gasteiger partial charge in [-0.3, -0.25) is 24.0 Å². The lowest BCUT2D eigenvalue weighted by Gasteiger charge is -2.37. The van der Waals surface area contributed by atoms with Crippen LogP contribution in [0.25, 0.3) is 0 Å². The summed E-state index contributed by atoms with van der Waals surface area (Å²) in [5.41, 5.74) is -2.49. The number of rotatable bonds is 12. The first-order chi connectivity index (χ1) is 25.2. The maximum atomic E-state index is 15.4. The van der Waals surface area contributed by atoms with Crippen LogP contribution in [0.3, 0.4) is 0 Å². The lowest BCUT2D eigenvalue weighted by molar-refractivity contribution is -0.185. The molecule has 0 saturated heterocycles. The Hall–Kier alpha value is -5.84. The molecule has 1 aliphatic carbocycles. The van der Waals surface area contributed by atoms with Crippen LogP contribution in [0.5, 0.6) is 0 Å². The second kappa shape index (κ2) is 15.2. The number of hydrogen-bond donors (Lipinski definition) is 0. The maximum absolute atomic E-state index is 15.4. The zero-order valence-electron chi connectivity index (χ0n) is 28.8. The molecule has 0 bridgehead atoms. The van der Waals surface area contributed by atoms with E-state index in [9.17, 15) is 19.2 Å². The Morgan fingerprint density at radius 3 is 1.83 bits per heavy atom. The molecule has 1 saturated carbocycles. The number of ether oxygens (including phenoxy) is 4. The molecule has 1 fully saturated rings. The number of anilines is 1. The Kier molecular flexibility index (Phi) is 10.5. The van der Waals surface area contributed by atoms with Crippen molar-refractivity contribution >= 4 is 35.5 Å². The second-order valence-corrected chi connectivity index (χ2v) is 12.9. The number of amides is 1. The average molecular weight is 708 g/mol. The van der Waals surface area contributed by atoms with Crippen molar-refractivity contribution in [2.75, 3.05) is 18.6 Å². The number of fused-ring (bicyclic) bond motifs is 2. The van der Waals surface area contributed by atoms with Crippen molar-refractivity contribution < 1.29 is 47.3 Å². The normalized spacial score (nSPS) is 19.9. The van der Waals surface area contributed by atoms with E-state index in [1.807, 2.05) is 6.07 Å². The van der Waals surface area contributed by atoms with Gasteiger partial charge >= 0.3 is 23.9 Å². The van der Waals surface area contributed by atoms with Crippen LogP contribution in [-0.4, -0.2) is 43.5 Å². The first-order valence-corrected chi connectivity index (χ1v) is 17.0. The van der Waals surface area contributed by atoms with Gasteiger partial charge in [-0.25, -0.2) is 4.39 Å². The third-order valence-electron chi connectivity index (χ3n) is 9.96. The molecule has 6 rings (SSSR count). The third kappa shape index (κ3) is 6.42. The average Bonchev–Trinajstić information content (AvgIpc) is 3.60. The smallest absolute Gasteiger partial charge is 0.324 e. The van der Waals surface area contributed by atoms with Gasteiger partial charge in [-0.2, -0.15) is 0 Å². The van der Waals surface area contributed by atoms with Gasteiger partial charge in [-0.05, 0) is 59.7 Å². The summed E-state index contributed by atoms with van der Waals surface area (Å²) in [6, 6.07) is 30.1. The van der Waals surface area contributed by atoms with Crippen LogP contribution < -0.4 is 4.90 Å². The Labute approximate surface area is 300 Å². The van der Waals surface area contributed by atoms with Crippen molar-refractivity contribution in [1.82, 2.24) is 0 Å². The lowest BCUT2D eigenvalue weighted by atomic mass is 9.63. The van der Waals surface area contributed by atoms with E-state index in [1.54, 1.807) is 91.9 Å². The van der Waals surface area contributed by atoms with Crippen LogP contribution in [-0.2, 0) is 68.1 Å². The highest BCUT2D eigenvalue weighted by molar-refractivity contribution is 6.15. The molecule has 1 spiro atoms. The summed E-state index contributed by atoms with van der Waals surface area (Å²) < 4.78 is 37.7. The molecule has 268 valence electrons. The van der Waals surface area contributed by atoms with Gasteiger partial charge in [-0.15, -0.1) is 0 Å². The van der Waals surface area contributed by atoms with E-state index in [0.717, 1.165) is 13.2 Å². The third-order valence-corrected chi connectivity index (χ3v) is 9.96. The van der Waals surface area contributed by atoms with E-state index < -0.39 is 71.1 Å². The Bertz CT molecular complexity index is 1900. The second-order valence-electron chi connectivity index (χ2n) is 12.9. The van der Waals surface area contributed by atoms with E-state index in [1.165, 1.54) is 17.0 Å². The first kappa shape index (κ1) is 36.0. The van der Waals surface area contributed by atoms with Gasteiger partial charge in [0.15, 0.2) is 5.41 Å². The minimum Gasteiger partial charge on any atom is -0.469 e. The molecule has 52 heavy (non-hydrogen) atoms. The quantitative estimate of drug-likeness (QED) is 0.101. The number of carbonyl (C=O) groups excluding carboxylic acids is 5. The van der Waals surface area contributed by atoms with Crippen LogP contribution in [0.2, 0.25) is 0 Å². The Morgan fingerprint density at radius 1 is 0.769 bits per heavy atom. The molecule has 4 aromatic rings. The minimum absolute atomic E-state index is 0.00442. The van der Waals surface area contributed by atoms with Crippen molar-refractivity contribution in [3.63, 3.8) is 0 Å². The molecule has 1 amide bonds. The molecule has 1 aliphatic heterocycles. The fourth-order valence-electron chi connectivity index (χ4n) is 7.73. The van der Waals surface area contributed by atoms with Gasteiger partial charge in [-0.1, -0.05) is 91.0 Å². The lowest BCUT2D eigenvalue weighted by Crippen LogP contribution is -2.56. The largest absolute Gasteiger partial charge is 0.469 e. The standard InChI is InChI=1S/C41H38FNO9/c1-3-50-36(45)35-40(38(47)51-25-28-15-9-5-10-16-28,39(48)52-26-29-17-11-6-12-18-29)23-30(21-34(44)49-2)41(35)32-22-31(42)19-20-33(32)43(37(41)46)24-27-13-7-4-8-14-27/h4-20,22,30,35H,3,21,23-26H2,1-2H3/t30-,35+,41-/m0/s1. The molecular weight excluding hydrogens is 669 g/mol. The number of halogens is 1. The summed E-state index contributed by atoms with van der Waals surface area (Å²) in [4.78, 5) is 74.0. The Morgan fingerprint density at radius 2 is 1.31 bits per heavy atom. The van der Waals surface area contributed by atoms with Crippen LogP contribution in [0, 0.1) is 23.1 Å². The molecule has 0 radical (unpaired) electrons. The molecule has 11 heteroatoms. The fraction of sp³-hybridized carbons (Fsp3) is 0.293. The maximum Gasteiger partial charge on any atom is 0.324 e. The number of esters is 4. The van der Waals surface area contributed by atoms with E-state index >= 15 is 9.18 Å². The summed E-state index contributed by atoms with van der Waals surface area (Å²) >= 11 is 0. The van der Waals surface area contributed by atoms with Crippen LogP contribution in [0.1, 0.15) is 42.0 Å². The number of hydrogen-bond acceptors (Lipinski definition) is 9. The molecule has 2 aliphatic rings. The van der Waals surface area contributed by atoms with Crippen molar-refractivity contribution in [3.8, 4) is 0 Å². The summed E-state index contributed by atoms with van der Waals surface area (Å²) in [6.45, 7) is 0.803. The fourth-order valence-corrected chi connectivity index (χ4v) is 7.73. The van der Waals surface area contributed by atoms with Crippen LogP contribution >= 0.6 is 0 Å². The molecule has 4 aromatic carbocycles. The number of nitrogens with zero attached hydrogens (tertiary/aromatic N) is 1. The van der Waals surface area contributed by atoms with Gasteiger partial charge in [0.05, 0.1) is 25.7 Å². The molecule has 0 N–H and O–H groups in total. The Balaban J connectivity index is 1.58. The first-order valence-electron chi connectivity index (χ1n) is 17.0. The predicted molar refractivity (Wildman–Crippen MR) is 185 cm³/mol. The zero-order chi connectivity index (χ0) is 36.9. The van der Waals surface area contributed by atoms with Crippen molar-refractivity contribution in [2.45, 2.75) is 44.9 Å². The highest BCUT2D eigenvalue weighted by Crippen LogP contribution is 2.66. The predicted octanol–water partition coefficient (Wildman–Crippen LogP) is 5.85. The van der Waals surface area contributed by atoms with Gasteiger partial charge in [0.2, 0.25) is 5.91 Å². The van der Waals surface area contributed by atoms with Gasteiger partial charge in [0.1, 0.15) is 24.9 Å². The number of methoxy groups -OCH3 is 1. The zero-order valence-corrected chi connectivity index (χ0v) is 28.8. The van der Waals surface area contributed by atoms with E-state index in [-0.39, 0.29) is 37.6 Å². The van der Waals surface area contributed by atoms with Gasteiger partial charge in [0, 0.05) is 12.1 Å². The minimum atomic E-state index is -2.52. The molecule has 1 heterocycles. The summed E-state index contributed by atoms with van der Waals surface area (Å²) in [5.74, 6) is -8.77. The van der Waals surface area contributed by atoms with E-state index in [4.69, 9.17) is 18.9 Å². The number of benzene rings is 4. The van der Waals surface area contributed by atoms with Crippen molar-refractivity contribution in [3.05, 3.63) is 137 Å². The summed E-state index contributed by atoms with van der Waals surface area (Å²) in [6.07, 6.45) is -1.05. The molecule has 10 nitrogen and oxygen atoms in total. The van der Waals surface area contributed by atoms with Crippen molar-refractivity contribution in [2.24, 2.45) is 17.3 Å². The van der Waals surface area contributed by atoms with E-state index in [2.05, 4.69) is 0 Å². The summed E-state index contributed by atoms with van der Waals surface area (Å²) in [7, 11) is 1.16. The molecule has 0 unspecified atom stereocenters. The van der Waals surface area contributed by atoms with E-state index in [0.29, 0.717) is 16.7 Å². The van der Waals surface area contributed by atoms with Crippen LogP contribution in [0.15, 0.2) is 109 Å². The monoisotopic (exact) mass is 707 g/mol. The topological polar surface area (TPSA) is 126 Å². The molecule has 3 atom stereocenters. The summed E-state index contributed by atoms with van der Waals surface area (Å²) in [5, 5.41) is 0. The van der Waals surface area contributed by atoms with Gasteiger partial charge in [0.25, 0.3) is 0 Å². The van der Waals surface area contributed by atoms with Crippen molar-refractivity contribution in [1.29, 1.82) is 0 Å². The highest BCUT2D eigenvalue weighted by atomic mass is 19.1. The SMILES string of the molecule is CCOC(=O)[C@@H]1C(C(=O)OCc2ccccc2)(C(=O)OCc2ccccc2)C[C@H](CC(=O)OC)[C@@]12C(=O)N(Cc1ccccc1)c1ccc(F)cc12.